The quantitative estimate of drug-likeness (QED) is 0.376. The smallest absolute Gasteiger partial charge is 0.220 e. The van der Waals surface area contributed by atoms with E-state index in [4.69, 9.17) is 0 Å². The summed E-state index contributed by atoms with van der Waals surface area (Å²) < 4.78 is 0. The van der Waals surface area contributed by atoms with Crippen molar-refractivity contribution in [1.82, 2.24) is 16.0 Å². The summed E-state index contributed by atoms with van der Waals surface area (Å²) in [7, 11) is 0. The Morgan fingerprint density at radius 1 is 1.19 bits per heavy atom. The lowest BCUT2D eigenvalue weighted by molar-refractivity contribution is -0.123. The van der Waals surface area contributed by atoms with E-state index in [1.165, 1.54) is 0 Å². The van der Waals surface area contributed by atoms with Gasteiger partial charge in [-0.25, -0.2) is 0 Å². The van der Waals surface area contributed by atoms with Crippen molar-refractivity contribution < 1.29 is 14.7 Å². The fourth-order valence-corrected chi connectivity index (χ4v) is 5.62. The first-order valence-corrected chi connectivity index (χ1v) is 11.6. The molecule has 2 heterocycles. The van der Waals surface area contributed by atoms with E-state index in [2.05, 4.69) is 16.0 Å². The molecule has 0 radical (unpaired) electrons. The van der Waals surface area contributed by atoms with Gasteiger partial charge in [0.2, 0.25) is 5.91 Å². The molecule has 4 N–H and O–H groups in total. The topological polar surface area (TPSA) is 90.5 Å². The molecule has 0 aliphatic carbocycles. The number of aliphatic hydroxyl groups excluding tert-OH is 1. The zero-order valence-electron chi connectivity index (χ0n) is 17.0. The van der Waals surface area contributed by atoms with E-state index in [1.54, 1.807) is 0 Å². The van der Waals surface area contributed by atoms with Gasteiger partial charge in [0, 0.05) is 47.9 Å². The maximum absolute atomic E-state index is 12.1. The number of unbranched alkanes of at least 4 members (excludes halogenated alkanes) is 1. The number of rotatable bonds is 12. The number of aliphatic hydroxyl groups is 1. The summed E-state index contributed by atoms with van der Waals surface area (Å²) in [6.45, 7) is 5.96. The minimum absolute atomic E-state index is 0.133. The van der Waals surface area contributed by atoms with Gasteiger partial charge in [-0.15, -0.1) is 0 Å². The van der Waals surface area contributed by atoms with Gasteiger partial charge in [0.15, 0.2) is 6.35 Å². The van der Waals surface area contributed by atoms with E-state index in [1.807, 2.05) is 32.5 Å². The van der Waals surface area contributed by atoms with Gasteiger partial charge in [0.05, 0.1) is 0 Å². The lowest BCUT2D eigenvalue weighted by atomic mass is 9.96. The molecular formula is C20H37N3O3S. The highest BCUT2D eigenvalue weighted by atomic mass is 32.2. The zero-order valence-corrected chi connectivity index (χ0v) is 17.8. The van der Waals surface area contributed by atoms with Crippen LogP contribution in [-0.4, -0.2) is 52.3 Å². The van der Waals surface area contributed by atoms with Crippen molar-refractivity contribution in [1.29, 1.82) is 0 Å². The first kappa shape index (κ1) is 22.7. The molecule has 1 amide bonds. The fraction of sp³-hybridized carbons (Fsp3) is 0.900. The van der Waals surface area contributed by atoms with Crippen molar-refractivity contribution in [3.63, 3.8) is 0 Å². The summed E-state index contributed by atoms with van der Waals surface area (Å²) in [5, 5.41) is 19.6. The number of hydrogen-bond donors (Lipinski definition) is 4. The second-order valence-electron chi connectivity index (χ2n) is 8.11. The third-order valence-corrected chi connectivity index (χ3v) is 7.28. The summed E-state index contributed by atoms with van der Waals surface area (Å²) >= 11 is 1.96. The van der Waals surface area contributed by atoms with E-state index in [0.29, 0.717) is 36.0 Å². The maximum atomic E-state index is 12.1. The van der Waals surface area contributed by atoms with Gasteiger partial charge in [-0.2, -0.15) is 11.8 Å². The SMILES string of the molecule is CCC(=O)C(C)CCCC(C)NC(=O)CCCCC1SCC2NC(O)NC21. The molecule has 2 saturated heterocycles. The van der Waals surface area contributed by atoms with Gasteiger partial charge in [-0.1, -0.05) is 26.7 Å². The predicted octanol–water partition coefficient (Wildman–Crippen LogP) is 2.16. The minimum Gasteiger partial charge on any atom is -0.365 e. The van der Waals surface area contributed by atoms with Crippen LogP contribution in [0.2, 0.25) is 0 Å². The molecule has 2 rings (SSSR count). The lowest BCUT2D eigenvalue weighted by Gasteiger charge is -2.18. The Labute approximate surface area is 168 Å². The van der Waals surface area contributed by atoms with Crippen molar-refractivity contribution in [2.75, 3.05) is 5.75 Å². The van der Waals surface area contributed by atoms with Crippen LogP contribution in [0.3, 0.4) is 0 Å². The molecule has 2 aliphatic rings. The first-order valence-electron chi connectivity index (χ1n) is 10.5. The monoisotopic (exact) mass is 399 g/mol. The molecule has 0 bridgehead atoms. The van der Waals surface area contributed by atoms with E-state index in [9.17, 15) is 14.7 Å². The molecule has 0 aromatic rings. The van der Waals surface area contributed by atoms with Crippen LogP contribution in [-0.2, 0) is 9.59 Å². The van der Waals surface area contributed by atoms with Gasteiger partial charge in [0.1, 0.15) is 5.78 Å². The number of nitrogens with one attached hydrogen (secondary N) is 3. The summed E-state index contributed by atoms with van der Waals surface area (Å²) in [6, 6.07) is 0.887. The Balaban J connectivity index is 1.51. The van der Waals surface area contributed by atoms with Crippen LogP contribution in [0.15, 0.2) is 0 Å². The molecule has 6 atom stereocenters. The Kier molecular flexibility index (Phi) is 9.56. The van der Waals surface area contributed by atoms with E-state index in [-0.39, 0.29) is 17.9 Å². The molecule has 0 spiro atoms. The highest BCUT2D eigenvalue weighted by molar-refractivity contribution is 8.00. The molecule has 2 aliphatic heterocycles. The average molecular weight is 400 g/mol. The second-order valence-corrected chi connectivity index (χ2v) is 9.38. The van der Waals surface area contributed by atoms with E-state index in [0.717, 1.165) is 44.3 Å². The number of fused-ring (bicyclic) bond motifs is 1. The van der Waals surface area contributed by atoms with Crippen LogP contribution < -0.4 is 16.0 Å². The average Bonchev–Trinajstić information content (AvgIpc) is 3.17. The van der Waals surface area contributed by atoms with Gasteiger partial charge >= 0.3 is 0 Å². The van der Waals surface area contributed by atoms with Crippen molar-refractivity contribution in [2.24, 2.45) is 5.92 Å². The summed E-state index contributed by atoms with van der Waals surface area (Å²) in [5.41, 5.74) is 0. The Morgan fingerprint density at radius 3 is 2.70 bits per heavy atom. The number of thioether (sulfide) groups is 1. The number of carbonyl (C=O) groups excluding carboxylic acids is 2. The number of ketones is 1. The maximum Gasteiger partial charge on any atom is 0.220 e. The van der Waals surface area contributed by atoms with Crippen LogP contribution in [0.25, 0.3) is 0 Å². The predicted molar refractivity (Wildman–Crippen MR) is 110 cm³/mol. The number of hydrogen-bond acceptors (Lipinski definition) is 6. The van der Waals surface area contributed by atoms with Crippen LogP contribution in [0, 0.1) is 5.92 Å². The minimum atomic E-state index is -0.571. The summed E-state index contributed by atoms with van der Waals surface area (Å²) in [6.07, 6.45) is 6.46. The van der Waals surface area contributed by atoms with Gasteiger partial charge in [0.25, 0.3) is 0 Å². The zero-order chi connectivity index (χ0) is 19.8. The van der Waals surface area contributed by atoms with Gasteiger partial charge in [-0.3, -0.25) is 20.2 Å². The Bertz CT molecular complexity index is 491. The summed E-state index contributed by atoms with van der Waals surface area (Å²) in [5.74, 6) is 1.64. The van der Waals surface area contributed by atoms with E-state index >= 15 is 0 Å². The molecule has 27 heavy (non-hydrogen) atoms. The Hall–Kier alpha value is -0.630. The van der Waals surface area contributed by atoms with Crippen LogP contribution in [0.1, 0.15) is 72.1 Å². The molecule has 156 valence electrons. The molecule has 0 saturated carbocycles. The third kappa shape index (κ3) is 7.37. The van der Waals surface area contributed by atoms with Crippen molar-refractivity contribution in [3.05, 3.63) is 0 Å². The molecule has 6 nitrogen and oxygen atoms in total. The van der Waals surface area contributed by atoms with Gasteiger partial charge < -0.3 is 10.4 Å². The molecular weight excluding hydrogens is 362 g/mol. The normalized spacial score (nSPS) is 29.3. The number of carbonyl (C=O) groups is 2. The standard InChI is InChI=1S/C20H37N3O3S/c1-4-16(24)13(2)8-7-9-14(3)21-18(25)11-6-5-10-17-19-15(12-27-17)22-20(26)23-19/h13-15,17,19-20,22-23,26H,4-12H2,1-3H3,(H,21,25). The molecule has 0 aromatic heterocycles. The van der Waals surface area contributed by atoms with Crippen LogP contribution in [0.4, 0.5) is 0 Å². The fourth-order valence-electron chi connectivity index (χ4n) is 4.05. The third-order valence-electron chi connectivity index (χ3n) is 5.77. The highest BCUT2D eigenvalue weighted by Gasteiger charge is 2.42. The molecule has 6 unspecified atom stereocenters. The Morgan fingerprint density at radius 2 is 1.96 bits per heavy atom. The van der Waals surface area contributed by atoms with E-state index < -0.39 is 6.35 Å². The van der Waals surface area contributed by atoms with Crippen LogP contribution >= 0.6 is 11.8 Å². The lowest BCUT2D eigenvalue weighted by Crippen LogP contribution is -2.38. The first-order chi connectivity index (χ1) is 12.9. The number of Topliss-reactive ketones (excluding diaryl/α,β-unsaturated/α-hetero) is 1. The van der Waals surface area contributed by atoms with Crippen LogP contribution in [0.5, 0.6) is 0 Å². The molecule has 7 heteroatoms. The summed E-state index contributed by atoms with van der Waals surface area (Å²) in [4.78, 5) is 23.7. The number of amides is 1. The molecule has 0 aromatic carbocycles. The highest BCUT2D eigenvalue weighted by Crippen LogP contribution is 2.33. The van der Waals surface area contributed by atoms with Crippen molar-refractivity contribution in [2.45, 2.75) is 102 Å². The molecule has 2 fully saturated rings. The largest absolute Gasteiger partial charge is 0.365 e. The second kappa shape index (κ2) is 11.4. The van der Waals surface area contributed by atoms with Crippen molar-refractivity contribution in [3.8, 4) is 0 Å². The van der Waals surface area contributed by atoms with Gasteiger partial charge in [-0.05, 0) is 32.6 Å². The van der Waals surface area contributed by atoms with Crippen molar-refractivity contribution >= 4 is 23.5 Å².